The third-order valence-electron chi connectivity index (χ3n) is 3.13. The van der Waals surface area contributed by atoms with Gasteiger partial charge in [-0.1, -0.05) is 0 Å². The second-order valence-electron chi connectivity index (χ2n) is 4.32. The molecule has 0 spiro atoms. The van der Waals surface area contributed by atoms with Crippen molar-refractivity contribution in [1.82, 2.24) is 4.90 Å². The average molecular weight is 224 g/mol. The molecule has 0 amide bonds. The van der Waals surface area contributed by atoms with Crippen LogP contribution >= 0.6 is 0 Å². The fourth-order valence-electron chi connectivity index (χ4n) is 1.95. The standard InChI is InChI=1S/C11H16N2O3/c12-11(10(14)15)3-5-13(6-4-11)8-9-2-1-7-16-9/h1-2,7H,3-6,8,12H2,(H,14,15). The summed E-state index contributed by atoms with van der Waals surface area (Å²) >= 11 is 0. The maximum Gasteiger partial charge on any atom is 0.323 e. The number of likely N-dealkylation sites (tertiary alicyclic amines) is 1. The van der Waals surface area contributed by atoms with Crippen LogP contribution in [0.3, 0.4) is 0 Å². The predicted octanol–water partition coefficient (Wildman–Crippen LogP) is 0.657. The van der Waals surface area contributed by atoms with Crippen molar-refractivity contribution in [1.29, 1.82) is 0 Å². The van der Waals surface area contributed by atoms with E-state index in [1.165, 1.54) is 0 Å². The van der Waals surface area contributed by atoms with E-state index < -0.39 is 11.5 Å². The molecule has 1 saturated heterocycles. The largest absolute Gasteiger partial charge is 0.480 e. The smallest absolute Gasteiger partial charge is 0.323 e. The van der Waals surface area contributed by atoms with E-state index in [2.05, 4.69) is 4.90 Å². The number of piperidine rings is 1. The van der Waals surface area contributed by atoms with Crippen LogP contribution in [0.25, 0.3) is 0 Å². The first-order valence-electron chi connectivity index (χ1n) is 5.37. The summed E-state index contributed by atoms with van der Waals surface area (Å²) < 4.78 is 5.25. The molecule has 0 aliphatic carbocycles. The van der Waals surface area contributed by atoms with Gasteiger partial charge in [0.05, 0.1) is 12.8 Å². The van der Waals surface area contributed by atoms with Crippen LogP contribution in [0.5, 0.6) is 0 Å². The number of carboxylic acid groups (broad SMARTS) is 1. The Hall–Kier alpha value is -1.33. The van der Waals surface area contributed by atoms with Gasteiger partial charge >= 0.3 is 5.97 Å². The lowest BCUT2D eigenvalue weighted by atomic mass is 9.89. The number of carbonyl (C=O) groups is 1. The average Bonchev–Trinajstić information content (AvgIpc) is 2.74. The van der Waals surface area contributed by atoms with E-state index in [0.717, 1.165) is 12.3 Å². The Labute approximate surface area is 93.8 Å². The van der Waals surface area contributed by atoms with Gasteiger partial charge in [-0.3, -0.25) is 9.69 Å². The van der Waals surface area contributed by atoms with Crippen LogP contribution < -0.4 is 5.73 Å². The Morgan fingerprint density at radius 3 is 2.75 bits per heavy atom. The molecule has 5 nitrogen and oxygen atoms in total. The molecule has 1 fully saturated rings. The third-order valence-corrected chi connectivity index (χ3v) is 3.13. The van der Waals surface area contributed by atoms with E-state index in [1.54, 1.807) is 6.26 Å². The van der Waals surface area contributed by atoms with Crippen molar-refractivity contribution in [3.63, 3.8) is 0 Å². The van der Waals surface area contributed by atoms with Crippen molar-refractivity contribution in [3.05, 3.63) is 24.2 Å². The van der Waals surface area contributed by atoms with Gasteiger partial charge < -0.3 is 15.3 Å². The molecule has 3 N–H and O–H groups in total. The molecule has 0 aromatic carbocycles. The van der Waals surface area contributed by atoms with Gasteiger partial charge in [-0.2, -0.15) is 0 Å². The summed E-state index contributed by atoms with van der Waals surface area (Å²) in [5, 5.41) is 8.98. The summed E-state index contributed by atoms with van der Waals surface area (Å²) in [6.45, 7) is 2.12. The summed E-state index contributed by atoms with van der Waals surface area (Å²) in [6.07, 6.45) is 2.62. The van der Waals surface area contributed by atoms with Crippen LogP contribution in [0.4, 0.5) is 0 Å². The second-order valence-corrected chi connectivity index (χ2v) is 4.32. The Morgan fingerprint density at radius 2 is 2.25 bits per heavy atom. The van der Waals surface area contributed by atoms with E-state index in [0.29, 0.717) is 25.9 Å². The molecule has 0 unspecified atom stereocenters. The van der Waals surface area contributed by atoms with Crippen LogP contribution in [0.15, 0.2) is 22.8 Å². The summed E-state index contributed by atoms with van der Waals surface area (Å²) in [5.41, 5.74) is 4.75. The van der Waals surface area contributed by atoms with E-state index in [4.69, 9.17) is 15.3 Å². The zero-order chi connectivity index (χ0) is 11.6. The van der Waals surface area contributed by atoms with E-state index in [-0.39, 0.29) is 0 Å². The van der Waals surface area contributed by atoms with Gasteiger partial charge in [-0.15, -0.1) is 0 Å². The highest BCUT2D eigenvalue weighted by atomic mass is 16.4. The molecular formula is C11H16N2O3. The van der Waals surface area contributed by atoms with Crippen LogP contribution in [0, 0.1) is 0 Å². The molecular weight excluding hydrogens is 208 g/mol. The van der Waals surface area contributed by atoms with E-state index in [1.807, 2.05) is 12.1 Å². The van der Waals surface area contributed by atoms with Gasteiger partial charge in [0.15, 0.2) is 0 Å². The zero-order valence-electron chi connectivity index (χ0n) is 9.06. The zero-order valence-corrected chi connectivity index (χ0v) is 9.06. The molecule has 5 heteroatoms. The van der Waals surface area contributed by atoms with Crippen LogP contribution in [-0.4, -0.2) is 34.6 Å². The highest BCUT2D eigenvalue weighted by Crippen LogP contribution is 2.21. The summed E-state index contributed by atoms with van der Waals surface area (Å²) in [4.78, 5) is 13.1. The van der Waals surface area contributed by atoms with Crippen molar-refractivity contribution >= 4 is 5.97 Å². The van der Waals surface area contributed by atoms with Gasteiger partial charge in [0.1, 0.15) is 11.3 Å². The molecule has 88 valence electrons. The number of nitrogens with zero attached hydrogens (tertiary/aromatic N) is 1. The van der Waals surface area contributed by atoms with Crippen LogP contribution in [-0.2, 0) is 11.3 Å². The molecule has 1 aliphatic heterocycles. The molecule has 2 heterocycles. The van der Waals surface area contributed by atoms with E-state index in [9.17, 15) is 4.79 Å². The Bertz CT molecular complexity index is 353. The SMILES string of the molecule is NC1(C(=O)O)CCN(Cc2ccco2)CC1. The fraction of sp³-hybridized carbons (Fsp3) is 0.545. The molecule has 1 aliphatic rings. The molecule has 0 saturated carbocycles. The number of carboxylic acids is 1. The minimum Gasteiger partial charge on any atom is -0.480 e. The molecule has 0 atom stereocenters. The maximum atomic E-state index is 10.9. The molecule has 16 heavy (non-hydrogen) atoms. The summed E-state index contributed by atoms with van der Waals surface area (Å²) in [6, 6.07) is 3.77. The number of furan rings is 1. The fourth-order valence-corrected chi connectivity index (χ4v) is 1.95. The Balaban J connectivity index is 1.88. The lowest BCUT2D eigenvalue weighted by Gasteiger charge is -2.35. The molecule has 0 bridgehead atoms. The second kappa shape index (κ2) is 4.27. The van der Waals surface area contributed by atoms with Crippen molar-refractivity contribution in [2.45, 2.75) is 24.9 Å². The minimum absolute atomic E-state index is 0.489. The quantitative estimate of drug-likeness (QED) is 0.788. The van der Waals surface area contributed by atoms with E-state index >= 15 is 0 Å². The highest BCUT2D eigenvalue weighted by molar-refractivity contribution is 5.78. The molecule has 1 aromatic rings. The topological polar surface area (TPSA) is 79.7 Å². The van der Waals surface area contributed by atoms with Crippen molar-refractivity contribution in [2.24, 2.45) is 5.73 Å². The molecule has 2 rings (SSSR count). The van der Waals surface area contributed by atoms with Crippen molar-refractivity contribution in [3.8, 4) is 0 Å². The number of nitrogens with two attached hydrogens (primary N) is 1. The first-order chi connectivity index (χ1) is 7.60. The summed E-state index contributed by atoms with van der Waals surface area (Å²) in [5.74, 6) is 0.00463. The number of aliphatic carboxylic acids is 1. The van der Waals surface area contributed by atoms with Crippen molar-refractivity contribution < 1.29 is 14.3 Å². The molecule has 0 radical (unpaired) electrons. The van der Waals surface area contributed by atoms with Crippen LogP contribution in [0.2, 0.25) is 0 Å². The van der Waals surface area contributed by atoms with Gasteiger partial charge in [0, 0.05) is 13.1 Å². The highest BCUT2D eigenvalue weighted by Gasteiger charge is 2.37. The van der Waals surface area contributed by atoms with Gasteiger partial charge in [-0.25, -0.2) is 0 Å². The normalized spacial score (nSPS) is 20.8. The predicted molar refractivity (Wildman–Crippen MR) is 57.8 cm³/mol. The first kappa shape index (κ1) is 11.2. The lowest BCUT2D eigenvalue weighted by molar-refractivity contribution is -0.145. The number of rotatable bonds is 3. The minimum atomic E-state index is -1.04. The van der Waals surface area contributed by atoms with Crippen molar-refractivity contribution in [2.75, 3.05) is 13.1 Å². The van der Waals surface area contributed by atoms with Gasteiger partial charge in [-0.05, 0) is 25.0 Å². The Kier molecular flexibility index (Phi) is 2.98. The van der Waals surface area contributed by atoms with Gasteiger partial charge in [0.25, 0.3) is 0 Å². The maximum absolute atomic E-state index is 10.9. The number of hydrogen-bond donors (Lipinski definition) is 2. The number of hydrogen-bond acceptors (Lipinski definition) is 4. The lowest BCUT2D eigenvalue weighted by Crippen LogP contribution is -2.55. The molecule has 1 aromatic heterocycles. The third kappa shape index (κ3) is 2.25. The van der Waals surface area contributed by atoms with Crippen LogP contribution in [0.1, 0.15) is 18.6 Å². The monoisotopic (exact) mass is 224 g/mol. The first-order valence-corrected chi connectivity index (χ1v) is 5.37. The van der Waals surface area contributed by atoms with Gasteiger partial charge in [0.2, 0.25) is 0 Å². The Morgan fingerprint density at radius 1 is 1.56 bits per heavy atom. The summed E-state index contributed by atoms with van der Waals surface area (Å²) in [7, 11) is 0.